The number of methoxy groups -OCH3 is 1. The minimum absolute atomic E-state index is 0.0657. The van der Waals surface area contributed by atoms with Gasteiger partial charge in [-0.1, -0.05) is 5.92 Å². The van der Waals surface area contributed by atoms with E-state index in [0.29, 0.717) is 0 Å². The summed E-state index contributed by atoms with van der Waals surface area (Å²) in [5, 5.41) is 9.27. The molecule has 1 N–H and O–H groups in total. The van der Waals surface area contributed by atoms with Crippen molar-refractivity contribution in [2.75, 3.05) is 27.3 Å². The van der Waals surface area contributed by atoms with Crippen molar-refractivity contribution >= 4 is 5.91 Å². The first-order chi connectivity index (χ1) is 6.11. The van der Waals surface area contributed by atoms with Crippen LogP contribution in [0.15, 0.2) is 0 Å². The van der Waals surface area contributed by atoms with Gasteiger partial charge in [0, 0.05) is 20.7 Å². The number of aliphatic hydroxyl groups excluding tert-OH is 1. The summed E-state index contributed by atoms with van der Waals surface area (Å²) in [5.41, 5.74) is 0. The third-order valence-electron chi connectivity index (χ3n) is 1.52. The third-order valence-corrected chi connectivity index (χ3v) is 1.52. The Labute approximate surface area is 78.5 Å². The van der Waals surface area contributed by atoms with Gasteiger partial charge in [-0.05, 0) is 0 Å². The lowest BCUT2D eigenvalue weighted by atomic mass is 10.3. The average Bonchev–Trinajstić information content (AvgIpc) is 2.05. The Kier molecular flexibility index (Phi) is 5.94. The molecule has 4 heteroatoms. The fourth-order valence-corrected chi connectivity index (χ4v) is 0.885. The van der Waals surface area contributed by atoms with Gasteiger partial charge >= 0.3 is 0 Å². The first-order valence-corrected chi connectivity index (χ1v) is 3.96. The fourth-order valence-electron chi connectivity index (χ4n) is 0.885. The van der Waals surface area contributed by atoms with Gasteiger partial charge in [-0.25, -0.2) is 0 Å². The molecule has 0 bridgehead atoms. The van der Waals surface area contributed by atoms with Crippen LogP contribution in [-0.2, 0) is 9.53 Å². The highest BCUT2D eigenvalue weighted by molar-refractivity contribution is 5.78. The number of amides is 1. The van der Waals surface area contributed by atoms with Crippen molar-refractivity contribution in [1.82, 2.24) is 4.90 Å². The Morgan fingerprint density at radius 1 is 1.77 bits per heavy atom. The predicted octanol–water partition coefficient (Wildman–Crippen LogP) is -0.525. The molecule has 13 heavy (non-hydrogen) atoms. The molecule has 0 aromatic heterocycles. The minimum atomic E-state index is -0.656. The SMILES string of the molecule is C#CCC(=O)N(C)CC(O)COC. The molecule has 0 aliphatic rings. The predicted molar refractivity (Wildman–Crippen MR) is 49.0 cm³/mol. The summed E-state index contributed by atoms with van der Waals surface area (Å²) in [6, 6.07) is 0. The van der Waals surface area contributed by atoms with Crippen molar-refractivity contribution in [3.8, 4) is 12.3 Å². The molecule has 0 radical (unpaired) electrons. The third kappa shape index (κ3) is 5.23. The first kappa shape index (κ1) is 11.9. The number of terminal acetylenes is 1. The topological polar surface area (TPSA) is 49.8 Å². The zero-order valence-corrected chi connectivity index (χ0v) is 7.99. The van der Waals surface area contributed by atoms with Crippen LogP contribution in [0.4, 0.5) is 0 Å². The van der Waals surface area contributed by atoms with Gasteiger partial charge in [0.1, 0.15) is 0 Å². The van der Waals surface area contributed by atoms with Crippen molar-refractivity contribution in [2.24, 2.45) is 0 Å². The van der Waals surface area contributed by atoms with Crippen molar-refractivity contribution in [1.29, 1.82) is 0 Å². The molecule has 1 amide bonds. The van der Waals surface area contributed by atoms with Crippen LogP contribution in [0.2, 0.25) is 0 Å². The second-order valence-corrected chi connectivity index (χ2v) is 2.76. The highest BCUT2D eigenvalue weighted by Gasteiger charge is 2.11. The van der Waals surface area contributed by atoms with E-state index in [1.165, 1.54) is 12.0 Å². The van der Waals surface area contributed by atoms with E-state index < -0.39 is 6.10 Å². The van der Waals surface area contributed by atoms with Crippen molar-refractivity contribution < 1.29 is 14.6 Å². The van der Waals surface area contributed by atoms with Gasteiger partial charge in [-0.2, -0.15) is 0 Å². The van der Waals surface area contributed by atoms with Crippen LogP contribution in [0.25, 0.3) is 0 Å². The summed E-state index contributed by atoms with van der Waals surface area (Å²) >= 11 is 0. The molecule has 1 atom stereocenters. The van der Waals surface area contributed by atoms with E-state index in [0.717, 1.165) is 0 Å². The zero-order chi connectivity index (χ0) is 10.3. The summed E-state index contributed by atoms with van der Waals surface area (Å²) < 4.78 is 4.72. The second-order valence-electron chi connectivity index (χ2n) is 2.76. The van der Waals surface area contributed by atoms with Gasteiger partial charge in [0.25, 0.3) is 0 Å². The van der Waals surface area contributed by atoms with Crippen LogP contribution >= 0.6 is 0 Å². The molecular formula is C9H15NO3. The van der Waals surface area contributed by atoms with E-state index >= 15 is 0 Å². The highest BCUT2D eigenvalue weighted by atomic mass is 16.5. The molecule has 74 valence electrons. The molecule has 0 aliphatic heterocycles. The maximum Gasteiger partial charge on any atom is 0.234 e. The maximum atomic E-state index is 11.1. The van der Waals surface area contributed by atoms with Crippen molar-refractivity contribution in [2.45, 2.75) is 12.5 Å². The quantitative estimate of drug-likeness (QED) is 0.586. The number of rotatable bonds is 5. The number of ether oxygens (including phenoxy) is 1. The standard InChI is InChI=1S/C9H15NO3/c1-4-5-9(12)10(2)6-8(11)7-13-3/h1,8,11H,5-7H2,2-3H3. The summed E-state index contributed by atoms with van der Waals surface area (Å²) in [4.78, 5) is 12.5. The lowest BCUT2D eigenvalue weighted by Crippen LogP contribution is -2.35. The molecule has 0 heterocycles. The van der Waals surface area contributed by atoms with E-state index in [1.807, 2.05) is 0 Å². The number of carbonyl (C=O) groups excluding carboxylic acids is 1. The molecule has 0 aliphatic carbocycles. The van der Waals surface area contributed by atoms with Crippen LogP contribution in [0.1, 0.15) is 6.42 Å². The average molecular weight is 185 g/mol. The Bertz CT molecular complexity index is 198. The first-order valence-electron chi connectivity index (χ1n) is 3.96. The van der Waals surface area contributed by atoms with Gasteiger partial charge in [-0.15, -0.1) is 6.42 Å². The number of likely N-dealkylation sites (N-methyl/N-ethyl adjacent to an activating group) is 1. The highest BCUT2D eigenvalue weighted by Crippen LogP contribution is 1.93. The summed E-state index contributed by atoms with van der Waals surface area (Å²) in [6.07, 6.45) is 4.38. The number of nitrogens with zero attached hydrogens (tertiary/aromatic N) is 1. The van der Waals surface area contributed by atoms with E-state index in [9.17, 15) is 9.90 Å². The number of aliphatic hydroxyl groups is 1. The van der Waals surface area contributed by atoms with E-state index in [-0.39, 0.29) is 25.5 Å². The normalized spacial score (nSPS) is 11.8. The lowest BCUT2D eigenvalue weighted by Gasteiger charge is -2.19. The Balaban J connectivity index is 3.79. The smallest absolute Gasteiger partial charge is 0.234 e. The van der Waals surface area contributed by atoms with Gasteiger partial charge in [-0.3, -0.25) is 4.79 Å². The Morgan fingerprint density at radius 3 is 2.85 bits per heavy atom. The Morgan fingerprint density at radius 2 is 2.38 bits per heavy atom. The summed E-state index contributed by atoms with van der Waals surface area (Å²) in [5.74, 6) is 2.08. The molecule has 1 unspecified atom stereocenters. The minimum Gasteiger partial charge on any atom is -0.389 e. The van der Waals surface area contributed by atoms with Gasteiger partial charge < -0.3 is 14.7 Å². The number of hydrogen-bond donors (Lipinski definition) is 1. The van der Waals surface area contributed by atoms with Crippen LogP contribution in [0.3, 0.4) is 0 Å². The largest absolute Gasteiger partial charge is 0.389 e. The van der Waals surface area contributed by atoms with Crippen LogP contribution < -0.4 is 0 Å². The molecule has 0 saturated heterocycles. The fraction of sp³-hybridized carbons (Fsp3) is 0.667. The molecule has 0 fully saturated rings. The van der Waals surface area contributed by atoms with Crippen LogP contribution in [0, 0.1) is 12.3 Å². The van der Waals surface area contributed by atoms with Crippen molar-refractivity contribution in [3.63, 3.8) is 0 Å². The zero-order valence-electron chi connectivity index (χ0n) is 7.99. The monoisotopic (exact) mass is 185 g/mol. The molecule has 0 aromatic carbocycles. The number of carbonyl (C=O) groups is 1. The van der Waals surface area contributed by atoms with E-state index in [2.05, 4.69) is 5.92 Å². The molecule has 0 spiro atoms. The summed E-state index contributed by atoms with van der Waals surface area (Å²) in [7, 11) is 3.09. The molecule has 0 aromatic rings. The molecule has 0 saturated carbocycles. The second kappa shape index (κ2) is 6.46. The molecule has 0 rings (SSSR count). The van der Waals surface area contributed by atoms with Crippen LogP contribution in [0.5, 0.6) is 0 Å². The van der Waals surface area contributed by atoms with E-state index in [4.69, 9.17) is 11.2 Å². The lowest BCUT2D eigenvalue weighted by molar-refractivity contribution is -0.130. The van der Waals surface area contributed by atoms with E-state index in [1.54, 1.807) is 7.05 Å². The van der Waals surface area contributed by atoms with Crippen LogP contribution in [-0.4, -0.2) is 49.3 Å². The number of hydrogen-bond acceptors (Lipinski definition) is 3. The molecule has 4 nitrogen and oxygen atoms in total. The summed E-state index contributed by atoms with van der Waals surface area (Å²) in [6.45, 7) is 0.460. The van der Waals surface area contributed by atoms with Gasteiger partial charge in [0.05, 0.1) is 19.1 Å². The van der Waals surface area contributed by atoms with Gasteiger partial charge in [0.15, 0.2) is 0 Å². The van der Waals surface area contributed by atoms with Crippen molar-refractivity contribution in [3.05, 3.63) is 0 Å². The Hall–Kier alpha value is -1.05. The van der Waals surface area contributed by atoms with Gasteiger partial charge in [0.2, 0.25) is 5.91 Å². The molecular weight excluding hydrogens is 170 g/mol. The maximum absolute atomic E-state index is 11.1.